The summed E-state index contributed by atoms with van der Waals surface area (Å²) in [6.07, 6.45) is 5.52. The van der Waals surface area contributed by atoms with Crippen LogP contribution in [0.5, 0.6) is 0 Å². The van der Waals surface area contributed by atoms with Gasteiger partial charge < -0.3 is 29.7 Å². The first-order valence-corrected chi connectivity index (χ1v) is 40.8. The van der Waals surface area contributed by atoms with Gasteiger partial charge in [-0.3, -0.25) is 43.5 Å². The normalized spacial score (nSPS) is 24.6. The lowest BCUT2D eigenvalue weighted by Crippen LogP contribution is -2.52. The van der Waals surface area contributed by atoms with Crippen molar-refractivity contribution in [2.45, 2.75) is 224 Å². The SMILES string of the molecule is CC(=O)NC1CC2(CCN(C(=O)[C@@H]3CN(C(C)(C)C)C[C@H]3c3ccc(F)cc3F)CC2)c2ccccc21.CC(=O)O[C@@H]1Cc2ccccc2C12CCN(C(=O)C1CN(C(C)(C)C)C[C@H]1c1ccc(F)cc1F)CC2.Cc1cc2c(cc1C)C1(CCN(C(=O)[C@@H]3CN(C(C)(C)C)C[C@H]3c3ccc(F)cc3F)CC1)C(=O)N2C(C)C. The van der Waals surface area contributed by atoms with Crippen molar-refractivity contribution < 1.29 is 59.8 Å². The van der Waals surface area contributed by atoms with Crippen LogP contribution in [0.4, 0.5) is 32.0 Å². The molecule has 1 N–H and O–H groups in total. The third-order valence-corrected chi connectivity index (χ3v) is 27.1. The fraction of sp³-hybridized carbons (Fsp3) is 0.543. The maximum absolute atomic E-state index is 14.9. The topological polar surface area (TPSA) is 146 Å². The second kappa shape index (κ2) is 31.7. The van der Waals surface area contributed by atoms with Gasteiger partial charge in [0, 0.05) is 174 Å². The van der Waals surface area contributed by atoms with Crippen LogP contribution in [0.15, 0.2) is 115 Å². The number of nitrogens with zero attached hydrogens (tertiary/aromatic N) is 7. The molecule has 8 atom stereocenters. The number of ether oxygens (including phenoxy) is 1. The fourth-order valence-electron chi connectivity index (χ4n) is 20.5. The van der Waals surface area contributed by atoms with Crippen molar-refractivity contribution in [3.8, 4) is 0 Å². The smallest absolute Gasteiger partial charge is 0.302 e. The molecule has 3 spiro atoms. The van der Waals surface area contributed by atoms with Crippen molar-refractivity contribution in [2.24, 2.45) is 17.8 Å². The number of rotatable bonds is 9. The van der Waals surface area contributed by atoms with Crippen molar-refractivity contribution in [1.82, 2.24) is 34.7 Å². The van der Waals surface area contributed by atoms with Gasteiger partial charge >= 0.3 is 5.97 Å². The number of carbonyl (C=O) groups is 6. The number of halogens is 6. The standard InChI is InChI=1S/C32H41F2N3O2.C30H37F2N3O2.C30H36F2N2O3/c1-19(2)37-28-15-21(4)20(3)14-26(28)32(30(37)39)10-12-35(13-11-32)29(38)25-18-36(31(5,6)7)17-24(25)23-9-8-22(33)16-27(23)34;1-19(36)33-27-16-30(25-8-6-5-7-22(25)27)11-13-34(14-12-30)28(37)24-18-35(29(2,3)4)17-23(24)21-10-9-20(31)15-26(21)32;1-19(35)37-27-15-20-7-5-6-8-25(20)30(27)11-13-33(14-12-30)28(36)24-18-34(29(2,3)4)17-23(24)22-10-9-21(31)16-26(22)32/h8-9,14-16,19,24-25H,10-13,17-18H2,1-7H3;5-10,15,23-24,27H,11-14,16-18H2,1-4H3,(H,33,36);5-10,16,23-24,27H,11-15,17-18H2,1-4H3/t24-,25+;23-,24+,27?;23-,24?,27+/m000/s1. The Bertz CT molecular complexity index is 4620. The average Bonchev–Trinajstić information content (AvgIpc) is 1.56. The van der Waals surface area contributed by atoms with Gasteiger partial charge in [-0.05, 0) is 215 Å². The average molecular weight is 1560 g/mol. The number of piperidine rings is 3. The number of anilines is 1. The van der Waals surface area contributed by atoms with Crippen molar-refractivity contribution in [1.29, 1.82) is 0 Å². The number of carbonyl (C=O) groups excluding carboxylic acids is 6. The Hall–Kier alpha value is -8.40. The minimum atomic E-state index is -0.621. The molecule has 2 aliphatic carbocycles. The highest BCUT2D eigenvalue weighted by atomic mass is 19.2. The van der Waals surface area contributed by atoms with Gasteiger partial charge in [-0.1, -0.05) is 72.8 Å². The molecule has 5 amide bonds. The molecule has 2 unspecified atom stereocenters. The predicted octanol–water partition coefficient (Wildman–Crippen LogP) is 15.5. The number of nitrogens with one attached hydrogen (secondary N) is 1. The molecule has 0 radical (unpaired) electrons. The highest BCUT2D eigenvalue weighted by Gasteiger charge is 2.57. The van der Waals surface area contributed by atoms with Crippen LogP contribution in [0.1, 0.15) is 214 Å². The van der Waals surface area contributed by atoms with E-state index < -0.39 is 52.2 Å². The van der Waals surface area contributed by atoms with Gasteiger partial charge in [0.15, 0.2) is 0 Å². The van der Waals surface area contributed by atoms with Crippen molar-refractivity contribution >= 4 is 41.2 Å². The molecule has 6 aromatic rings. The molecule has 0 saturated carbocycles. The lowest BCUT2D eigenvalue weighted by molar-refractivity contribution is -0.152. The van der Waals surface area contributed by atoms with Crippen LogP contribution in [0.2, 0.25) is 0 Å². The van der Waals surface area contributed by atoms with Gasteiger partial charge in [0.25, 0.3) is 0 Å². The summed E-state index contributed by atoms with van der Waals surface area (Å²) in [5.74, 6) is -5.96. The van der Waals surface area contributed by atoms with E-state index in [9.17, 15) is 55.1 Å². The van der Waals surface area contributed by atoms with Crippen LogP contribution < -0.4 is 10.2 Å². The molecule has 0 bridgehead atoms. The molecule has 7 aliphatic heterocycles. The summed E-state index contributed by atoms with van der Waals surface area (Å²) in [5, 5.41) is 3.11. The first kappa shape index (κ1) is 82.6. The molecular weight excluding hydrogens is 1440 g/mol. The van der Waals surface area contributed by atoms with Crippen molar-refractivity contribution in [2.75, 3.05) is 83.4 Å². The number of esters is 1. The molecular formula is C92H114F6N8O7. The Morgan fingerprint density at radius 1 is 0.478 bits per heavy atom. The number of benzene rings is 6. The number of hydrogen-bond acceptors (Lipinski definition) is 10. The van der Waals surface area contributed by atoms with Gasteiger partial charge in [0.1, 0.15) is 41.0 Å². The summed E-state index contributed by atoms with van der Waals surface area (Å²) in [7, 11) is 0. The van der Waals surface area contributed by atoms with E-state index in [1.54, 1.807) is 6.92 Å². The highest BCUT2D eigenvalue weighted by Crippen LogP contribution is 2.54. The highest BCUT2D eigenvalue weighted by molar-refractivity contribution is 6.09. The Kier molecular flexibility index (Phi) is 23.1. The summed E-state index contributed by atoms with van der Waals surface area (Å²) in [5.41, 5.74) is 9.02. The second-order valence-corrected chi connectivity index (χ2v) is 37.1. The molecule has 6 aromatic carbocycles. The number of amides is 5. The Morgan fingerprint density at radius 2 is 0.876 bits per heavy atom. The van der Waals surface area contributed by atoms with E-state index in [0.29, 0.717) is 127 Å². The van der Waals surface area contributed by atoms with E-state index in [0.717, 1.165) is 48.7 Å². The van der Waals surface area contributed by atoms with Crippen LogP contribution in [-0.2, 0) is 56.2 Å². The lowest BCUT2D eigenvalue weighted by atomic mass is 9.72. The van der Waals surface area contributed by atoms with E-state index in [1.165, 1.54) is 76.7 Å². The summed E-state index contributed by atoms with van der Waals surface area (Å²) < 4.78 is 91.5. The molecule has 113 heavy (non-hydrogen) atoms. The zero-order chi connectivity index (χ0) is 81.5. The molecule has 606 valence electrons. The van der Waals surface area contributed by atoms with Gasteiger partial charge in [-0.15, -0.1) is 0 Å². The molecule has 6 fully saturated rings. The molecule has 6 saturated heterocycles. The lowest BCUT2D eigenvalue weighted by Gasteiger charge is -2.44. The quantitative estimate of drug-likeness (QED) is 0.110. The molecule has 21 heteroatoms. The van der Waals surface area contributed by atoms with Crippen molar-refractivity contribution in [3.05, 3.63) is 206 Å². The number of fused-ring (bicyclic) bond motifs is 6. The summed E-state index contributed by atoms with van der Waals surface area (Å²) in [4.78, 5) is 94.0. The molecule has 0 aromatic heterocycles. The zero-order valence-electron chi connectivity index (χ0n) is 68.6. The Balaban J connectivity index is 0.000000148. The van der Waals surface area contributed by atoms with E-state index in [4.69, 9.17) is 4.74 Å². The van der Waals surface area contributed by atoms with Crippen LogP contribution in [0.25, 0.3) is 0 Å². The van der Waals surface area contributed by atoms with Crippen LogP contribution in [-0.4, -0.2) is 172 Å². The van der Waals surface area contributed by atoms with Crippen LogP contribution >= 0.6 is 0 Å². The van der Waals surface area contributed by atoms with E-state index in [2.05, 4.69) is 139 Å². The van der Waals surface area contributed by atoms with Gasteiger partial charge in [-0.2, -0.15) is 0 Å². The maximum Gasteiger partial charge on any atom is 0.302 e. The monoisotopic (exact) mass is 1560 g/mol. The summed E-state index contributed by atoms with van der Waals surface area (Å²) >= 11 is 0. The zero-order valence-corrected chi connectivity index (χ0v) is 68.6. The first-order chi connectivity index (χ1) is 53.2. The fourth-order valence-corrected chi connectivity index (χ4v) is 20.5. The van der Waals surface area contributed by atoms with E-state index >= 15 is 0 Å². The second-order valence-electron chi connectivity index (χ2n) is 37.1. The third kappa shape index (κ3) is 16.1. The molecule has 9 aliphatic rings. The number of hydrogen-bond donors (Lipinski definition) is 1. The largest absolute Gasteiger partial charge is 0.461 e. The molecule has 7 heterocycles. The Morgan fingerprint density at radius 3 is 1.28 bits per heavy atom. The number of likely N-dealkylation sites (tertiary alicyclic amines) is 6. The number of aryl methyl sites for hydroxylation is 2. The Labute approximate surface area is 663 Å². The third-order valence-electron chi connectivity index (χ3n) is 27.1. The van der Waals surface area contributed by atoms with E-state index in [1.807, 2.05) is 51.6 Å². The van der Waals surface area contributed by atoms with Gasteiger partial charge in [0.2, 0.25) is 29.5 Å². The minimum absolute atomic E-state index is 0.00282. The first-order valence-electron chi connectivity index (χ1n) is 40.8. The predicted molar refractivity (Wildman–Crippen MR) is 426 cm³/mol. The molecule has 15 rings (SSSR count). The van der Waals surface area contributed by atoms with Crippen LogP contribution in [0.3, 0.4) is 0 Å². The maximum atomic E-state index is 14.9. The summed E-state index contributed by atoms with van der Waals surface area (Å²) in [6.45, 7) is 36.7. The minimum Gasteiger partial charge on any atom is -0.461 e. The van der Waals surface area contributed by atoms with Gasteiger partial charge in [-0.25, -0.2) is 26.3 Å². The van der Waals surface area contributed by atoms with E-state index in [-0.39, 0.29) is 105 Å². The van der Waals surface area contributed by atoms with Crippen molar-refractivity contribution in [3.63, 3.8) is 0 Å². The van der Waals surface area contributed by atoms with Gasteiger partial charge in [0.05, 0.1) is 29.2 Å². The van der Waals surface area contributed by atoms with Crippen LogP contribution in [0, 0.1) is 66.5 Å². The summed E-state index contributed by atoms with van der Waals surface area (Å²) in [6, 6.07) is 32.0. The molecule has 15 nitrogen and oxygen atoms in total.